The molecule has 6 nitrogen and oxygen atoms in total. The molecule has 0 aliphatic carbocycles. The van der Waals surface area contributed by atoms with E-state index in [1.54, 1.807) is 25.7 Å². The fourth-order valence-electron chi connectivity index (χ4n) is 2.44. The Morgan fingerprint density at radius 1 is 1.39 bits per heavy atom. The van der Waals surface area contributed by atoms with Crippen LogP contribution in [0.5, 0.6) is 0 Å². The lowest BCUT2D eigenvalue weighted by molar-refractivity contribution is 0.0452. The summed E-state index contributed by atoms with van der Waals surface area (Å²) in [6.45, 7) is 6.39. The van der Waals surface area contributed by atoms with E-state index in [1.165, 1.54) is 12.3 Å². The molecule has 7 heteroatoms. The fraction of sp³-hybridized carbons (Fsp3) is 0.562. The topological polar surface area (TPSA) is 71.5 Å². The number of alkyl carbamates (subject to hydrolysis) is 1. The lowest BCUT2D eigenvalue weighted by Crippen LogP contribution is -2.50. The van der Waals surface area contributed by atoms with Gasteiger partial charge < -0.3 is 15.0 Å². The molecule has 0 bridgehead atoms. The maximum Gasteiger partial charge on any atom is 0.407 e. The van der Waals surface area contributed by atoms with Crippen molar-refractivity contribution < 1.29 is 18.7 Å². The van der Waals surface area contributed by atoms with Crippen LogP contribution in [0.4, 0.5) is 9.18 Å². The number of hydrogen-bond acceptors (Lipinski definition) is 4. The zero-order valence-electron chi connectivity index (χ0n) is 13.6. The average Bonchev–Trinajstić information content (AvgIpc) is 2.45. The number of aromatic nitrogens is 1. The fourth-order valence-corrected chi connectivity index (χ4v) is 2.44. The number of likely N-dealkylation sites (tertiary alicyclic amines) is 1. The highest BCUT2D eigenvalue weighted by atomic mass is 19.1. The van der Waals surface area contributed by atoms with Gasteiger partial charge in [-0.05, 0) is 45.7 Å². The molecule has 1 aliphatic rings. The van der Waals surface area contributed by atoms with Crippen molar-refractivity contribution in [3.05, 3.63) is 29.8 Å². The number of nitrogens with zero attached hydrogens (tertiary/aromatic N) is 2. The first kappa shape index (κ1) is 17.2. The van der Waals surface area contributed by atoms with Gasteiger partial charge in [0.05, 0.1) is 5.56 Å². The summed E-state index contributed by atoms with van der Waals surface area (Å²) >= 11 is 0. The summed E-state index contributed by atoms with van der Waals surface area (Å²) in [6, 6.07) is 2.42. The quantitative estimate of drug-likeness (QED) is 0.848. The Bertz CT molecular complexity index is 569. The highest BCUT2D eigenvalue weighted by Gasteiger charge is 2.27. The molecule has 2 rings (SSSR count). The van der Waals surface area contributed by atoms with Crippen molar-refractivity contribution in [2.75, 3.05) is 13.1 Å². The van der Waals surface area contributed by atoms with Crippen LogP contribution in [0.25, 0.3) is 0 Å². The van der Waals surface area contributed by atoms with Crippen LogP contribution in [0.3, 0.4) is 0 Å². The van der Waals surface area contributed by atoms with Gasteiger partial charge in [-0.15, -0.1) is 0 Å². The van der Waals surface area contributed by atoms with Crippen LogP contribution in [0.15, 0.2) is 18.3 Å². The summed E-state index contributed by atoms with van der Waals surface area (Å²) in [6.07, 6.45) is 2.30. The summed E-state index contributed by atoms with van der Waals surface area (Å²) < 4.78 is 18.1. The third-order valence-electron chi connectivity index (χ3n) is 3.40. The first-order valence-electron chi connectivity index (χ1n) is 7.65. The van der Waals surface area contributed by atoms with Gasteiger partial charge in [-0.2, -0.15) is 4.39 Å². The molecule has 0 saturated carbocycles. The largest absolute Gasteiger partial charge is 0.444 e. The molecule has 1 unspecified atom stereocenters. The minimum Gasteiger partial charge on any atom is -0.444 e. The van der Waals surface area contributed by atoms with E-state index in [-0.39, 0.29) is 11.9 Å². The lowest BCUT2D eigenvalue weighted by atomic mass is 10.0. The molecule has 1 N–H and O–H groups in total. The number of ether oxygens (including phenoxy) is 1. The van der Waals surface area contributed by atoms with Crippen LogP contribution >= 0.6 is 0 Å². The van der Waals surface area contributed by atoms with Crippen LogP contribution in [0.2, 0.25) is 0 Å². The minimum atomic E-state index is -0.621. The summed E-state index contributed by atoms with van der Waals surface area (Å²) in [5.41, 5.74) is -0.224. The van der Waals surface area contributed by atoms with Crippen molar-refractivity contribution >= 4 is 12.0 Å². The number of amides is 2. The maximum absolute atomic E-state index is 12.8. The van der Waals surface area contributed by atoms with Crippen molar-refractivity contribution in [2.45, 2.75) is 45.3 Å². The molecule has 0 spiro atoms. The molecule has 0 radical (unpaired) electrons. The molecule has 0 aromatic carbocycles. The Balaban J connectivity index is 1.94. The van der Waals surface area contributed by atoms with E-state index in [4.69, 9.17) is 4.74 Å². The molecule has 23 heavy (non-hydrogen) atoms. The van der Waals surface area contributed by atoms with Gasteiger partial charge in [0.25, 0.3) is 5.91 Å². The number of rotatable bonds is 2. The molecule has 1 saturated heterocycles. The second-order valence-electron chi connectivity index (χ2n) is 6.61. The van der Waals surface area contributed by atoms with E-state index in [0.717, 1.165) is 18.9 Å². The molecule has 1 atom stereocenters. The molecule has 1 fully saturated rings. The van der Waals surface area contributed by atoms with Gasteiger partial charge in [-0.3, -0.25) is 4.79 Å². The Hall–Kier alpha value is -2.18. The Morgan fingerprint density at radius 3 is 2.74 bits per heavy atom. The normalized spacial score (nSPS) is 18.4. The minimum absolute atomic E-state index is 0.157. The number of pyridine rings is 1. The molecule has 1 aromatic rings. The average molecular weight is 323 g/mol. The highest BCUT2D eigenvalue weighted by Crippen LogP contribution is 2.15. The predicted molar refractivity (Wildman–Crippen MR) is 82.5 cm³/mol. The first-order valence-corrected chi connectivity index (χ1v) is 7.65. The Kier molecular flexibility index (Phi) is 5.18. The Morgan fingerprint density at radius 2 is 2.13 bits per heavy atom. The molecule has 1 aromatic heterocycles. The van der Waals surface area contributed by atoms with Gasteiger partial charge in [0.15, 0.2) is 0 Å². The van der Waals surface area contributed by atoms with Crippen LogP contribution in [-0.4, -0.2) is 46.6 Å². The smallest absolute Gasteiger partial charge is 0.407 e. The maximum atomic E-state index is 12.8. The number of carbonyl (C=O) groups excluding carboxylic acids is 2. The predicted octanol–water partition coefficient (Wildman–Crippen LogP) is 2.35. The van der Waals surface area contributed by atoms with Crippen molar-refractivity contribution in [3.8, 4) is 0 Å². The number of carbonyl (C=O) groups is 2. The van der Waals surface area contributed by atoms with Gasteiger partial charge in [0, 0.05) is 25.3 Å². The second kappa shape index (κ2) is 6.93. The van der Waals surface area contributed by atoms with Gasteiger partial charge >= 0.3 is 6.09 Å². The Labute approximate surface area is 135 Å². The summed E-state index contributed by atoms with van der Waals surface area (Å²) in [4.78, 5) is 29.4. The van der Waals surface area contributed by atoms with Crippen molar-refractivity contribution in [1.82, 2.24) is 15.2 Å². The summed E-state index contributed by atoms with van der Waals surface area (Å²) in [5, 5.41) is 2.79. The third kappa shape index (κ3) is 5.19. The van der Waals surface area contributed by atoms with Crippen molar-refractivity contribution in [3.63, 3.8) is 0 Å². The van der Waals surface area contributed by atoms with Crippen molar-refractivity contribution in [1.29, 1.82) is 0 Å². The zero-order valence-corrected chi connectivity index (χ0v) is 13.6. The first-order chi connectivity index (χ1) is 10.7. The lowest BCUT2D eigenvalue weighted by Gasteiger charge is -2.33. The van der Waals surface area contributed by atoms with E-state index in [9.17, 15) is 14.0 Å². The van der Waals surface area contributed by atoms with Gasteiger partial charge in [0.1, 0.15) is 5.60 Å². The molecular weight excluding hydrogens is 301 g/mol. The van der Waals surface area contributed by atoms with Crippen LogP contribution in [0, 0.1) is 5.95 Å². The van der Waals surface area contributed by atoms with Crippen molar-refractivity contribution in [2.24, 2.45) is 0 Å². The number of hydrogen-bond donors (Lipinski definition) is 1. The second-order valence-corrected chi connectivity index (χ2v) is 6.61. The van der Waals surface area contributed by atoms with Gasteiger partial charge in [0.2, 0.25) is 5.95 Å². The monoisotopic (exact) mass is 323 g/mol. The van der Waals surface area contributed by atoms with E-state index in [1.807, 2.05) is 0 Å². The number of halogens is 1. The van der Waals surface area contributed by atoms with E-state index >= 15 is 0 Å². The van der Waals surface area contributed by atoms with Gasteiger partial charge in [-0.25, -0.2) is 9.78 Å². The van der Waals surface area contributed by atoms with E-state index in [2.05, 4.69) is 10.3 Å². The summed E-state index contributed by atoms with van der Waals surface area (Å²) in [5.74, 6) is -0.835. The van der Waals surface area contributed by atoms with E-state index < -0.39 is 17.6 Å². The summed E-state index contributed by atoms with van der Waals surface area (Å²) in [7, 11) is 0. The third-order valence-corrected chi connectivity index (χ3v) is 3.40. The molecular formula is C16H22FN3O3. The van der Waals surface area contributed by atoms with Gasteiger partial charge in [-0.1, -0.05) is 0 Å². The molecule has 1 aliphatic heterocycles. The molecule has 2 heterocycles. The van der Waals surface area contributed by atoms with Crippen LogP contribution in [-0.2, 0) is 4.74 Å². The SMILES string of the molecule is CC(C)(C)OC(=O)NC1CCCN(C(=O)c2ccc(F)nc2)C1. The van der Waals surface area contributed by atoms with Crippen LogP contribution < -0.4 is 5.32 Å². The molecule has 126 valence electrons. The zero-order chi connectivity index (χ0) is 17.0. The standard InChI is InChI=1S/C16H22FN3O3/c1-16(2,3)23-15(22)19-12-5-4-8-20(10-12)14(21)11-6-7-13(17)18-9-11/h6-7,9,12H,4-5,8,10H2,1-3H3,(H,19,22). The molecule has 2 amide bonds. The van der Waals surface area contributed by atoms with E-state index in [0.29, 0.717) is 18.7 Å². The number of piperidine rings is 1. The number of nitrogens with one attached hydrogen (secondary N) is 1. The van der Waals surface area contributed by atoms with Crippen LogP contribution in [0.1, 0.15) is 44.0 Å². The highest BCUT2D eigenvalue weighted by molar-refractivity contribution is 5.94.